The maximum absolute atomic E-state index is 12.8. The number of carbonyl (C=O) groups is 2. The summed E-state index contributed by atoms with van der Waals surface area (Å²) in [6.07, 6.45) is 2.10. The number of carbonyl (C=O) groups excluding carboxylic acids is 2. The molecule has 2 aromatic carbocycles. The monoisotopic (exact) mass is 426 g/mol. The molecule has 3 amide bonds. The number of amides is 3. The number of anilines is 2. The first-order chi connectivity index (χ1) is 14.4. The van der Waals surface area contributed by atoms with Gasteiger partial charge in [0.1, 0.15) is 0 Å². The lowest BCUT2D eigenvalue weighted by atomic mass is 9.93. The Hall–Kier alpha value is -2.57. The Morgan fingerprint density at radius 1 is 1.03 bits per heavy atom. The number of urea groups is 1. The Labute approximate surface area is 182 Å². The highest BCUT2D eigenvalue weighted by atomic mass is 35.5. The zero-order valence-electron chi connectivity index (χ0n) is 17.3. The average molecular weight is 427 g/mol. The van der Waals surface area contributed by atoms with Crippen LogP contribution in [0, 0.1) is 5.92 Å². The number of hydrogen-bond acceptors (Lipinski definition) is 3. The normalized spacial score (nSPS) is 21.2. The molecule has 0 radical (unpaired) electrons. The Morgan fingerprint density at radius 3 is 2.43 bits per heavy atom. The van der Waals surface area contributed by atoms with Crippen LogP contribution < -0.4 is 10.2 Å². The van der Waals surface area contributed by atoms with Crippen molar-refractivity contribution in [1.29, 1.82) is 0 Å². The Balaban J connectivity index is 1.38. The summed E-state index contributed by atoms with van der Waals surface area (Å²) in [5.41, 5.74) is 2.05. The molecule has 2 heterocycles. The van der Waals surface area contributed by atoms with Gasteiger partial charge in [-0.2, -0.15) is 0 Å². The van der Waals surface area contributed by atoms with Crippen LogP contribution in [0.5, 0.6) is 0 Å². The minimum Gasteiger partial charge on any atom is -0.321 e. The third-order valence-electron chi connectivity index (χ3n) is 6.20. The number of nitrogens with zero attached hydrogens (tertiary/aromatic N) is 3. The molecule has 2 atom stereocenters. The molecular weight excluding hydrogens is 400 g/mol. The molecule has 0 spiro atoms. The minimum atomic E-state index is -0.117. The largest absolute Gasteiger partial charge is 0.322 e. The van der Waals surface area contributed by atoms with Crippen LogP contribution in [0.25, 0.3) is 0 Å². The predicted octanol–water partition coefficient (Wildman–Crippen LogP) is 4.17. The van der Waals surface area contributed by atoms with Gasteiger partial charge in [0.25, 0.3) is 5.91 Å². The summed E-state index contributed by atoms with van der Waals surface area (Å²) >= 11 is 5.90. The third-order valence-corrected chi connectivity index (χ3v) is 6.45. The van der Waals surface area contributed by atoms with Crippen molar-refractivity contribution in [3.63, 3.8) is 0 Å². The van der Waals surface area contributed by atoms with E-state index in [0.29, 0.717) is 22.5 Å². The van der Waals surface area contributed by atoms with Gasteiger partial charge in [-0.15, -0.1) is 0 Å². The fourth-order valence-electron chi connectivity index (χ4n) is 4.49. The minimum absolute atomic E-state index is 0.0367. The maximum atomic E-state index is 12.8. The van der Waals surface area contributed by atoms with Crippen LogP contribution in [-0.2, 0) is 0 Å². The van der Waals surface area contributed by atoms with Gasteiger partial charge in [-0.1, -0.05) is 11.6 Å². The number of likely N-dealkylation sites (tertiary alicyclic amines) is 2. The molecule has 2 unspecified atom stereocenters. The van der Waals surface area contributed by atoms with E-state index in [0.717, 1.165) is 43.9 Å². The average Bonchev–Trinajstić information content (AvgIpc) is 3.17. The van der Waals surface area contributed by atoms with E-state index < -0.39 is 0 Å². The molecule has 6 nitrogen and oxygen atoms in total. The molecule has 2 aliphatic heterocycles. The van der Waals surface area contributed by atoms with Gasteiger partial charge in [-0.3, -0.25) is 4.79 Å². The van der Waals surface area contributed by atoms with Gasteiger partial charge in [-0.05, 0) is 80.9 Å². The molecular formula is C23H27ClN4O2. The lowest BCUT2D eigenvalue weighted by molar-refractivity contribution is 0.0993. The van der Waals surface area contributed by atoms with Gasteiger partial charge in [-0.25, -0.2) is 4.79 Å². The quantitative estimate of drug-likeness (QED) is 0.801. The summed E-state index contributed by atoms with van der Waals surface area (Å²) < 4.78 is 0. The van der Waals surface area contributed by atoms with Crippen molar-refractivity contribution in [3.8, 4) is 0 Å². The van der Waals surface area contributed by atoms with Crippen molar-refractivity contribution < 1.29 is 9.59 Å². The molecule has 0 bridgehead atoms. The topological polar surface area (TPSA) is 55.9 Å². The highest BCUT2D eigenvalue weighted by molar-refractivity contribution is 6.30. The molecule has 0 aliphatic carbocycles. The number of halogens is 1. The Kier molecular flexibility index (Phi) is 5.97. The molecule has 1 N–H and O–H groups in total. The van der Waals surface area contributed by atoms with E-state index >= 15 is 0 Å². The summed E-state index contributed by atoms with van der Waals surface area (Å²) in [5.74, 6) is 0.457. The molecule has 0 saturated carbocycles. The first kappa shape index (κ1) is 20.7. The fourth-order valence-corrected chi connectivity index (χ4v) is 4.61. The van der Waals surface area contributed by atoms with Crippen LogP contribution in [0.2, 0.25) is 5.02 Å². The van der Waals surface area contributed by atoms with Crippen LogP contribution in [0.3, 0.4) is 0 Å². The number of benzene rings is 2. The second-order valence-electron chi connectivity index (χ2n) is 8.21. The number of fused-ring (bicyclic) bond motifs is 1. The highest BCUT2D eigenvalue weighted by Gasteiger charge is 2.39. The molecule has 7 heteroatoms. The van der Waals surface area contributed by atoms with Crippen LogP contribution in [-0.4, -0.2) is 61.5 Å². The molecule has 4 rings (SSSR count). The van der Waals surface area contributed by atoms with E-state index in [1.807, 2.05) is 29.2 Å². The van der Waals surface area contributed by atoms with Crippen LogP contribution in [0.4, 0.5) is 16.2 Å². The zero-order chi connectivity index (χ0) is 21.3. The summed E-state index contributed by atoms with van der Waals surface area (Å²) in [6.45, 7) is 2.91. The van der Waals surface area contributed by atoms with E-state index in [-0.39, 0.29) is 11.9 Å². The van der Waals surface area contributed by atoms with Crippen molar-refractivity contribution in [2.24, 2.45) is 5.92 Å². The molecule has 2 saturated heterocycles. The van der Waals surface area contributed by atoms with Crippen molar-refractivity contribution in [1.82, 2.24) is 9.80 Å². The first-order valence-electron chi connectivity index (χ1n) is 10.3. The summed E-state index contributed by atoms with van der Waals surface area (Å²) in [5, 5.41) is 3.61. The molecule has 2 aliphatic rings. The maximum Gasteiger partial charge on any atom is 0.322 e. The van der Waals surface area contributed by atoms with Crippen molar-refractivity contribution in [3.05, 3.63) is 59.1 Å². The van der Waals surface area contributed by atoms with Crippen molar-refractivity contribution in [2.75, 3.05) is 43.9 Å². The summed E-state index contributed by atoms with van der Waals surface area (Å²) in [6, 6.07) is 14.5. The van der Waals surface area contributed by atoms with E-state index in [1.54, 1.807) is 36.2 Å². The predicted molar refractivity (Wildman–Crippen MR) is 120 cm³/mol. The second kappa shape index (κ2) is 8.66. The summed E-state index contributed by atoms with van der Waals surface area (Å²) in [7, 11) is 3.88. The molecule has 30 heavy (non-hydrogen) atoms. The lowest BCUT2D eigenvalue weighted by Crippen LogP contribution is -2.47. The van der Waals surface area contributed by atoms with Crippen LogP contribution in [0.1, 0.15) is 23.2 Å². The third kappa shape index (κ3) is 4.30. The van der Waals surface area contributed by atoms with Gasteiger partial charge < -0.3 is 20.0 Å². The molecule has 2 fully saturated rings. The van der Waals surface area contributed by atoms with Gasteiger partial charge in [0.05, 0.1) is 0 Å². The number of hydrogen-bond donors (Lipinski definition) is 1. The number of rotatable bonds is 3. The van der Waals surface area contributed by atoms with Gasteiger partial charge >= 0.3 is 6.03 Å². The molecule has 2 aromatic rings. The first-order valence-corrected chi connectivity index (χ1v) is 10.7. The molecule has 158 valence electrons. The zero-order valence-corrected chi connectivity index (χ0v) is 18.1. The van der Waals surface area contributed by atoms with E-state index in [1.165, 1.54) is 0 Å². The number of piperidine rings is 1. The smallest absolute Gasteiger partial charge is 0.321 e. The van der Waals surface area contributed by atoms with Crippen molar-refractivity contribution >= 4 is 34.9 Å². The Morgan fingerprint density at radius 2 is 1.73 bits per heavy atom. The molecule has 0 aromatic heterocycles. The van der Waals surface area contributed by atoms with E-state index in [4.69, 9.17) is 11.6 Å². The lowest BCUT2D eigenvalue weighted by Gasteiger charge is -2.36. The summed E-state index contributed by atoms with van der Waals surface area (Å²) in [4.78, 5) is 31.4. The van der Waals surface area contributed by atoms with Crippen LogP contribution in [0.15, 0.2) is 48.5 Å². The van der Waals surface area contributed by atoms with E-state index in [9.17, 15) is 9.59 Å². The second-order valence-corrected chi connectivity index (χ2v) is 8.64. The SMILES string of the molecule is CN1CCC2C(CCN2C(=O)Nc2ccc(N(C)C(=O)c3ccc(Cl)cc3)cc2)C1. The van der Waals surface area contributed by atoms with Gasteiger partial charge in [0.15, 0.2) is 0 Å². The fraction of sp³-hybridized carbons (Fsp3) is 0.391. The Bertz CT molecular complexity index is 916. The van der Waals surface area contributed by atoms with E-state index in [2.05, 4.69) is 17.3 Å². The standard InChI is InChI=1S/C23H27ClN4O2/c1-26-13-12-21-17(15-26)11-14-28(21)23(30)25-19-7-9-20(10-8-19)27(2)22(29)16-3-5-18(24)6-4-16/h3-10,17,21H,11-15H2,1-2H3,(H,25,30). The van der Waals surface area contributed by atoms with Crippen LogP contribution >= 0.6 is 11.6 Å². The van der Waals surface area contributed by atoms with Gasteiger partial charge in [0.2, 0.25) is 0 Å². The van der Waals surface area contributed by atoms with Gasteiger partial charge in [0, 0.05) is 48.1 Å². The van der Waals surface area contributed by atoms with Crippen molar-refractivity contribution in [2.45, 2.75) is 18.9 Å². The number of nitrogens with one attached hydrogen (secondary N) is 1. The highest BCUT2D eigenvalue weighted by Crippen LogP contribution is 2.31.